The van der Waals surface area contributed by atoms with Crippen LogP contribution < -0.4 is 5.32 Å². The Morgan fingerprint density at radius 2 is 2.12 bits per heavy atom. The zero-order valence-electron chi connectivity index (χ0n) is 9.41. The first-order valence-corrected chi connectivity index (χ1v) is 7.04. The molecule has 2 rings (SSSR count). The van der Waals surface area contributed by atoms with Crippen LogP contribution in [-0.4, -0.2) is 0 Å². The molecule has 0 bridgehead atoms. The van der Waals surface area contributed by atoms with Gasteiger partial charge in [-0.05, 0) is 52.7 Å². The van der Waals surface area contributed by atoms with Crippen molar-refractivity contribution in [2.75, 3.05) is 5.32 Å². The van der Waals surface area contributed by atoms with Crippen molar-refractivity contribution in [2.45, 2.75) is 19.4 Å². The van der Waals surface area contributed by atoms with Gasteiger partial charge in [-0.3, -0.25) is 0 Å². The Balaban J connectivity index is 2.21. The van der Waals surface area contributed by atoms with E-state index in [9.17, 15) is 0 Å². The van der Waals surface area contributed by atoms with Crippen molar-refractivity contribution in [1.29, 1.82) is 0 Å². The smallest absolute Gasteiger partial charge is 0.125 e. The standard InChI is InChI=1S/C13H13Br2NO/c1-2-11(13-4-3-7-17-13)16-12-8-9(14)5-6-10(12)15/h3-8,11,16H,2H2,1H3. The van der Waals surface area contributed by atoms with Gasteiger partial charge in [-0.1, -0.05) is 22.9 Å². The van der Waals surface area contributed by atoms with Gasteiger partial charge in [0.15, 0.2) is 0 Å². The van der Waals surface area contributed by atoms with Gasteiger partial charge in [0.1, 0.15) is 5.76 Å². The molecule has 1 aromatic heterocycles. The molecule has 0 aliphatic rings. The zero-order valence-corrected chi connectivity index (χ0v) is 12.6. The van der Waals surface area contributed by atoms with Crippen LogP contribution in [0, 0.1) is 0 Å². The number of halogens is 2. The second kappa shape index (κ2) is 5.74. The molecule has 1 atom stereocenters. The lowest BCUT2D eigenvalue weighted by molar-refractivity contribution is 0.474. The number of anilines is 1. The van der Waals surface area contributed by atoms with Crippen molar-refractivity contribution < 1.29 is 4.42 Å². The quantitative estimate of drug-likeness (QED) is 0.794. The first-order valence-electron chi connectivity index (χ1n) is 5.45. The molecule has 0 aliphatic carbocycles. The fourth-order valence-electron chi connectivity index (χ4n) is 1.66. The molecule has 0 amide bonds. The highest BCUT2D eigenvalue weighted by molar-refractivity contribution is 9.11. The SMILES string of the molecule is CCC(Nc1cc(Br)ccc1Br)c1ccco1. The summed E-state index contributed by atoms with van der Waals surface area (Å²) in [4.78, 5) is 0. The number of furan rings is 1. The normalized spacial score (nSPS) is 12.4. The van der Waals surface area contributed by atoms with Gasteiger partial charge in [-0.15, -0.1) is 0 Å². The maximum atomic E-state index is 5.44. The highest BCUT2D eigenvalue weighted by Gasteiger charge is 2.13. The van der Waals surface area contributed by atoms with Crippen molar-refractivity contribution >= 4 is 37.5 Å². The van der Waals surface area contributed by atoms with Gasteiger partial charge in [0.2, 0.25) is 0 Å². The van der Waals surface area contributed by atoms with Gasteiger partial charge < -0.3 is 9.73 Å². The van der Waals surface area contributed by atoms with Gasteiger partial charge >= 0.3 is 0 Å². The highest BCUT2D eigenvalue weighted by Crippen LogP contribution is 2.30. The molecule has 1 aromatic carbocycles. The maximum absolute atomic E-state index is 5.44. The van der Waals surface area contributed by atoms with E-state index in [1.807, 2.05) is 24.3 Å². The Kier molecular flexibility index (Phi) is 4.29. The third kappa shape index (κ3) is 3.13. The summed E-state index contributed by atoms with van der Waals surface area (Å²) in [7, 11) is 0. The van der Waals surface area contributed by atoms with Crippen molar-refractivity contribution in [2.24, 2.45) is 0 Å². The van der Waals surface area contributed by atoms with Crippen LogP contribution in [0.4, 0.5) is 5.69 Å². The summed E-state index contributed by atoms with van der Waals surface area (Å²) in [6.07, 6.45) is 2.67. The number of rotatable bonds is 4. The summed E-state index contributed by atoms with van der Waals surface area (Å²) in [6.45, 7) is 2.13. The van der Waals surface area contributed by atoms with Crippen molar-refractivity contribution in [3.05, 3.63) is 51.3 Å². The number of nitrogens with one attached hydrogen (secondary N) is 1. The summed E-state index contributed by atoms with van der Waals surface area (Å²) >= 11 is 7.01. The van der Waals surface area contributed by atoms with Crippen LogP contribution in [0.5, 0.6) is 0 Å². The number of hydrogen-bond donors (Lipinski definition) is 1. The van der Waals surface area contributed by atoms with Gasteiger partial charge in [-0.2, -0.15) is 0 Å². The molecule has 2 aromatic rings. The first-order chi connectivity index (χ1) is 8.20. The summed E-state index contributed by atoms with van der Waals surface area (Å²) < 4.78 is 7.54. The lowest BCUT2D eigenvalue weighted by atomic mass is 10.1. The van der Waals surface area contributed by atoms with Crippen LogP contribution in [0.15, 0.2) is 50.0 Å². The van der Waals surface area contributed by atoms with Crippen LogP contribution in [-0.2, 0) is 0 Å². The molecular formula is C13H13Br2NO. The van der Waals surface area contributed by atoms with Crippen LogP contribution >= 0.6 is 31.9 Å². The predicted octanol–water partition coefficient (Wildman–Crippen LogP) is 5.37. The Hall–Kier alpha value is -0.740. The predicted molar refractivity (Wildman–Crippen MR) is 77.2 cm³/mol. The Labute approximate surface area is 118 Å². The average Bonchev–Trinajstić information content (AvgIpc) is 2.84. The van der Waals surface area contributed by atoms with Crippen LogP contribution in [0.25, 0.3) is 0 Å². The molecule has 0 fully saturated rings. The van der Waals surface area contributed by atoms with E-state index in [0.29, 0.717) is 0 Å². The molecule has 1 heterocycles. The first kappa shape index (κ1) is 12.7. The van der Waals surface area contributed by atoms with E-state index in [1.54, 1.807) is 6.26 Å². The minimum Gasteiger partial charge on any atom is -0.467 e. The average molecular weight is 359 g/mol. The third-order valence-corrected chi connectivity index (χ3v) is 3.74. The van der Waals surface area contributed by atoms with E-state index >= 15 is 0 Å². The zero-order chi connectivity index (χ0) is 12.3. The molecule has 2 nitrogen and oxygen atoms in total. The lowest BCUT2D eigenvalue weighted by Crippen LogP contribution is -2.09. The van der Waals surface area contributed by atoms with Crippen molar-refractivity contribution in [3.8, 4) is 0 Å². The second-order valence-corrected chi connectivity index (χ2v) is 5.51. The Bertz CT molecular complexity index is 482. The third-order valence-electron chi connectivity index (χ3n) is 2.55. The maximum Gasteiger partial charge on any atom is 0.125 e. The molecule has 4 heteroatoms. The van der Waals surface area contributed by atoms with Crippen molar-refractivity contribution in [1.82, 2.24) is 0 Å². The molecule has 0 saturated carbocycles. The second-order valence-electron chi connectivity index (χ2n) is 3.74. The van der Waals surface area contributed by atoms with E-state index in [1.165, 1.54) is 0 Å². The number of hydrogen-bond acceptors (Lipinski definition) is 2. The largest absolute Gasteiger partial charge is 0.467 e. The lowest BCUT2D eigenvalue weighted by Gasteiger charge is -2.17. The summed E-state index contributed by atoms with van der Waals surface area (Å²) in [5.74, 6) is 0.958. The van der Waals surface area contributed by atoms with E-state index in [4.69, 9.17) is 4.42 Å². The molecule has 0 radical (unpaired) electrons. The van der Waals surface area contributed by atoms with Crippen LogP contribution in [0.1, 0.15) is 25.1 Å². The van der Waals surface area contributed by atoms with Crippen LogP contribution in [0.2, 0.25) is 0 Å². The number of benzene rings is 1. The molecule has 1 unspecified atom stereocenters. The molecule has 0 aliphatic heterocycles. The molecule has 0 saturated heterocycles. The van der Waals surface area contributed by atoms with Gasteiger partial charge in [0.25, 0.3) is 0 Å². The van der Waals surface area contributed by atoms with E-state index in [0.717, 1.165) is 26.8 Å². The molecule has 90 valence electrons. The molecule has 1 N–H and O–H groups in total. The van der Waals surface area contributed by atoms with E-state index in [2.05, 4.69) is 50.2 Å². The fourth-order valence-corrected chi connectivity index (χ4v) is 2.38. The minimum absolute atomic E-state index is 0.190. The Morgan fingerprint density at radius 1 is 1.29 bits per heavy atom. The minimum atomic E-state index is 0.190. The topological polar surface area (TPSA) is 25.2 Å². The van der Waals surface area contributed by atoms with Gasteiger partial charge in [-0.25, -0.2) is 0 Å². The monoisotopic (exact) mass is 357 g/mol. The van der Waals surface area contributed by atoms with Gasteiger partial charge in [0.05, 0.1) is 18.0 Å². The molecule has 17 heavy (non-hydrogen) atoms. The Morgan fingerprint density at radius 3 is 2.76 bits per heavy atom. The molecular weight excluding hydrogens is 346 g/mol. The van der Waals surface area contributed by atoms with E-state index in [-0.39, 0.29) is 6.04 Å². The van der Waals surface area contributed by atoms with Gasteiger partial charge in [0, 0.05) is 8.95 Å². The van der Waals surface area contributed by atoms with Crippen LogP contribution in [0.3, 0.4) is 0 Å². The summed E-state index contributed by atoms with van der Waals surface area (Å²) in [6, 6.07) is 10.2. The fraction of sp³-hybridized carbons (Fsp3) is 0.231. The highest BCUT2D eigenvalue weighted by atomic mass is 79.9. The molecule has 0 spiro atoms. The summed E-state index contributed by atoms with van der Waals surface area (Å²) in [5, 5.41) is 3.47. The van der Waals surface area contributed by atoms with Crippen molar-refractivity contribution in [3.63, 3.8) is 0 Å². The summed E-state index contributed by atoms with van der Waals surface area (Å²) in [5.41, 5.74) is 1.06. The van der Waals surface area contributed by atoms with E-state index < -0.39 is 0 Å².